The van der Waals surface area contributed by atoms with Crippen molar-refractivity contribution in [1.82, 2.24) is 10.2 Å². The second kappa shape index (κ2) is 3.77. The molecule has 0 bridgehead atoms. The zero-order valence-electron chi connectivity index (χ0n) is 7.04. The molecule has 2 rings (SSSR count). The van der Waals surface area contributed by atoms with E-state index in [0.29, 0.717) is 12.1 Å². The van der Waals surface area contributed by atoms with E-state index in [4.69, 9.17) is 0 Å². The van der Waals surface area contributed by atoms with Crippen molar-refractivity contribution in [2.45, 2.75) is 24.6 Å². The van der Waals surface area contributed by atoms with Crippen LogP contribution in [-0.2, 0) is 0 Å². The van der Waals surface area contributed by atoms with E-state index in [1.807, 2.05) is 0 Å². The summed E-state index contributed by atoms with van der Waals surface area (Å²) < 4.78 is 1.16. The van der Waals surface area contributed by atoms with Crippen molar-refractivity contribution in [3.8, 4) is 0 Å². The van der Waals surface area contributed by atoms with Gasteiger partial charge in [-0.2, -0.15) is 0 Å². The summed E-state index contributed by atoms with van der Waals surface area (Å²) in [7, 11) is 0. The number of hydrogen-bond acceptors (Lipinski definition) is 3. The molecule has 0 aromatic rings. The first-order valence-corrected chi connectivity index (χ1v) is 6.03. The number of hydrogen-bond donors (Lipinski definition) is 2. The van der Waals surface area contributed by atoms with Gasteiger partial charge in [0.05, 0.1) is 6.10 Å². The first-order valence-electron chi connectivity index (χ1n) is 4.51. The van der Waals surface area contributed by atoms with Crippen molar-refractivity contribution in [2.24, 2.45) is 0 Å². The summed E-state index contributed by atoms with van der Waals surface area (Å²) in [6.07, 6.45) is 0.880. The van der Waals surface area contributed by atoms with E-state index < -0.39 is 0 Å². The summed E-state index contributed by atoms with van der Waals surface area (Å²) in [5.41, 5.74) is 0. The number of fused-ring (bicyclic) bond motifs is 1. The molecule has 3 atom stereocenters. The Morgan fingerprint density at radius 2 is 2.33 bits per heavy atom. The highest BCUT2D eigenvalue weighted by Gasteiger charge is 2.35. The van der Waals surface area contributed by atoms with Gasteiger partial charge < -0.3 is 10.4 Å². The lowest BCUT2D eigenvalue weighted by Gasteiger charge is -2.34. The summed E-state index contributed by atoms with van der Waals surface area (Å²) in [5.74, 6) is 0. The second-order valence-electron chi connectivity index (χ2n) is 3.76. The van der Waals surface area contributed by atoms with Crippen molar-refractivity contribution in [3.05, 3.63) is 0 Å². The summed E-state index contributed by atoms with van der Waals surface area (Å²) in [6, 6.07) is 1.23. The van der Waals surface area contributed by atoms with Crippen LogP contribution in [0.5, 0.6) is 0 Å². The number of alkyl halides is 1. The summed E-state index contributed by atoms with van der Waals surface area (Å²) in [5, 5.41) is 12.9. The van der Waals surface area contributed by atoms with Crippen LogP contribution in [0.2, 0.25) is 0 Å². The van der Waals surface area contributed by atoms with Gasteiger partial charge in [-0.3, -0.25) is 4.90 Å². The molecular weight excluding hydrogens is 267 g/mol. The van der Waals surface area contributed by atoms with Crippen LogP contribution in [0, 0.1) is 0 Å². The number of halogens is 1. The van der Waals surface area contributed by atoms with Crippen LogP contribution in [0.1, 0.15) is 6.42 Å². The smallest absolute Gasteiger partial charge is 0.0682 e. The molecule has 0 spiro atoms. The van der Waals surface area contributed by atoms with Gasteiger partial charge in [0.2, 0.25) is 0 Å². The normalized spacial score (nSPS) is 43.0. The predicted octanol–water partition coefficient (Wildman–Crippen LogP) is -0.172. The van der Waals surface area contributed by atoms with Crippen molar-refractivity contribution in [2.75, 3.05) is 24.1 Å². The van der Waals surface area contributed by atoms with E-state index in [2.05, 4.69) is 32.8 Å². The molecule has 2 aliphatic rings. The van der Waals surface area contributed by atoms with Crippen LogP contribution in [0.3, 0.4) is 0 Å². The van der Waals surface area contributed by atoms with Gasteiger partial charge in [0.25, 0.3) is 0 Å². The maximum absolute atomic E-state index is 9.45. The minimum atomic E-state index is -0.0789. The lowest BCUT2D eigenvalue weighted by molar-refractivity contribution is 0.158. The van der Waals surface area contributed by atoms with E-state index in [9.17, 15) is 5.11 Å². The van der Waals surface area contributed by atoms with Gasteiger partial charge in [-0.1, -0.05) is 22.6 Å². The van der Waals surface area contributed by atoms with Crippen molar-refractivity contribution in [1.29, 1.82) is 0 Å². The van der Waals surface area contributed by atoms with Crippen LogP contribution in [0.15, 0.2) is 0 Å². The molecule has 0 aromatic carbocycles. The highest BCUT2D eigenvalue weighted by atomic mass is 127. The highest BCUT2D eigenvalue weighted by Crippen LogP contribution is 2.20. The van der Waals surface area contributed by atoms with Crippen molar-refractivity contribution >= 4 is 22.6 Å². The summed E-state index contributed by atoms with van der Waals surface area (Å²) in [4.78, 5) is 2.42. The molecule has 3 unspecified atom stereocenters. The van der Waals surface area contributed by atoms with Gasteiger partial charge in [-0.15, -0.1) is 0 Å². The monoisotopic (exact) mass is 282 g/mol. The topological polar surface area (TPSA) is 35.5 Å². The first kappa shape index (κ1) is 9.18. The molecule has 4 heteroatoms. The predicted molar refractivity (Wildman–Crippen MR) is 56.7 cm³/mol. The Balaban J connectivity index is 1.93. The number of piperazine rings is 1. The van der Waals surface area contributed by atoms with Gasteiger partial charge in [-0.25, -0.2) is 0 Å². The second-order valence-corrected chi connectivity index (χ2v) is 4.64. The molecule has 0 saturated carbocycles. The van der Waals surface area contributed by atoms with E-state index in [1.165, 1.54) is 0 Å². The van der Waals surface area contributed by atoms with Gasteiger partial charge >= 0.3 is 0 Å². The quantitative estimate of drug-likeness (QED) is 0.518. The fourth-order valence-corrected chi connectivity index (χ4v) is 2.74. The zero-order valence-corrected chi connectivity index (χ0v) is 9.20. The molecular formula is C8H15IN2O. The number of nitrogens with zero attached hydrogens (tertiary/aromatic N) is 1. The van der Waals surface area contributed by atoms with E-state index >= 15 is 0 Å². The molecule has 0 amide bonds. The van der Waals surface area contributed by atoms with Crippen LogP contribution in [0.25, 0.3) is 0 Å². The van der Waals surface area contributed by atoms with E-state index in [-0.39, 0.29) is 6.10 Å². The van der Waals surface area contributed by atoms with Gasteiger partial charge in [0.1, 0.15) is 0 Å². The average Bonchev–Trinajstić information content (AvgIpc) is 2.43. The molecule has 2 saturated heterocycles. The standard InChI is InChI=1S/C8H15IN2O/c9-2-6-4-11-5-8(12)1-7(11)3-10-6/h6-8,10,12H,1-5H2. The Kier molecular flexibility index (Phi) is 2.89. The average molecular weight is 282 g/mol. The molecule has 0 aromatic heterocycles. The molecule has 2 aliphatic heterocycles. The third-order valence-corrected chi connectivity index (χ3v) is 3.85. The number of aliphatic hydroxyl groups is 1. The fraction of sp³-hybridized carbons (Fsp3) is 1.00. The molecule has 70 valence electrons. The molecule has 0 aliphatic carbocycles. The van der Waals surface area contributed by atoms with Crippen molar-refractivity contribution < 1.29 is 5.11 Å². The maximum atomic E-state index is 9.45. The number of nitrogens with one attached hydrogen (secondary N) is 1. The largest absolute Gasteiger partial charge is 0.392 e. The fourth-order valence-electron chi connectivity index (χ4n) is 2.15. The Hall–Kier alpha value is 0.610. The summed E-state index contributed by atoms with van der Waals surface area (Å²) in [6.45, 7) is 3.06. The van der Waals surface area contributed by atoms with Crippen LogP contribution >= 0.6 is 22.6 Å². The summed E-state index contributed by atoms with van der Waals surface area (Å²) >= 11 is 2.41. The lowest BCUT2D eigenvalue weighted by atomic mass is 10.1. The molecule has 2 fully saturated rings. The molecule has 3 nitrogen and oxygen atoms in total. The van der Waals surface area contributed by atoms with Crippen LogP contribution in [0.4, 0.5) is 0 Å². The minimum Gasteiger partial charge on any atom is -0.392 e. The third-order valence-electron chi connectivity index (χ3n) is 2.79. The van der Waals surface area contributed by atoms with Crippen LogP contribution < -0.4 is 5.32 Å². The Bertz CT molecular complexity index is 167. The Morgan fingerprint density at radius 3 is 3.08 bits per heavy atom. The number of aliphatic hydroxyl groups excluding tert-OH is 1. The SMILES string of the molecule is OC1CC2CNC(CI)CN2C1. The maximum Gasteiger partial charge on any atom is 0.0682 e. The van der Waals surface area contributed by atoms with Gasteiger partial charge in [0, 0.05) is 36.1 Å². The molecule has 12 heavy (non-hydrogen) atoms. The Labute approximate surface area is 86.6 Å². The molecule has 2 N–H and O–H groups in total. The molecule has 2 heterocycles. The van der Waals surface area contributed by atoms with E-state index in [1.54, 1.807) is 0 Å². The van der Waals surface area contributed by atoms with Gasteiger partial charge in [0.15, 0.2) is 0 Å². The van der Waals surface area contributed by atoms with Crippen molar-refractivity contribution in [3.63, 3.8) is 0 Å². The minimum absolute atomic E-state index is 0.0789. The van der Waals surface area contributed by atoms with Gasteiger partial charge in [-0.05, 0) is 6.42 Å². The van der Waals surface area contributed by atoms with E-state index in [0.717, 1.165) is 30.5 Å². The highest BCUT2D eigenvalue weighted by molar-refractivity contribution is 14.1. The van der Waals surface area contributed by atoms with Crippen LogP contribution in [-0.4, -0.2) is 52.3 Å². The zero-order chi connectivity index (χ0) is 8.55. The first-order chi connectivity index (χ1) is 5.79. The molecule has 0 radical (unpaired) electrons. The Morgan fingerprint density at radius 1 is 1.50 bits per heavy atom. The lowest BCUT2D eigenvalue weighted by Crippen LogP contribution is -2.54. The number of rotatable bonds is 1. The third kappa shape index (κ3) is 1.76.